The molecule has 0 bridgehead atoms. The van der Waals surface area contributed by atoms with Crippen molar-refractivity contribution < 1.29 is 0 Å². The molecule has 2 aromatic rings. The smallest absolute Gasteiger partial charge is 0.147 e. The van der Waals surface area contributed by atoms with Crippen LogP contribution < -0.4 is 10.6 Å². The van der Waals surface area contributed by atoms with Crippen molar-refractivity contribution in [1.29, 1.82) is 0 Å². The topological polar surface area (TPSA) is 49.8 Å². The van der Waals surface area contributed by atoms with Crippen LogP contribution in [0.1, 0.15) is 12.0 Å². The van der Waals surface area contributed by atoms with Gasteiger partial charge in [-0.25, -0.2) is 9.97 Å². The first-order valence-electron chi connectivity index (χ1n) is 5.92. The van der Waals surface area contributed by atoms with Crippen LogP contribution >= 0.6 is 22.6 Å². The molecule has 0 unspecified atom stereocenters. The van der Waals surface area contributed by atoms with E-state index in [1.165, 1.54) is 17.7 Å². The molecule has 0 spiro atoms. The van der Waals surface area contributed by atoms with Gasteiger partial charge >= 0.3 is 0 Å². The number of nitrogens with one attached hydrogen (secondary N) is 2. The lowest BCUT2D eigenvalue weighted by Gasteiger charge is -2.19. The monoisotopic (exact) mass is 352 g/mol. The second-order valence-electron chi connectivity index (χ2n) is 4.25. The number of aromatic nitrogens is 2. The number of rotatable bonds is 2. The molecule has 2 N–H and O–H groups in total. The summed E-state index contributed by atoms with van der Waals surface area (Å²) >= 11 is 2.23. The lowest BCUT2D eigenvalue weighted by Crippen LogP contribution is -2.11. The Morgan fingerprint density at radius 3 is 3.17 bits per heavy atom. The summed E-state index contributed by atoms with van der Waals surface area (Å²) in [5, 5.41) is 6.75. The van der Waals surface area contributed by atoms with Gasteiger partial charge in [0.25, 0.3) is 0 Å². The largest absolute Gasteiger partial charge is 0.385 e. The van der Waals surface area contributed by atoms with Crippen LogP contribution in [0.5, 0.6) is 0 Å². The highest BCUT2D eigenvalue weighted by Crippen LogP contribution is 2.27. The van der Waals surface area contributed by atoms with E-state index in [9.17, 15) is 0 Å². The van der Waals surface area contributed by atoms with Crippen molar-refractivity contribution in [2.24, 2.45) is 0 Å². The maximum atomic E-state index is 4.24. The molecule has 0 atom stereocenters. The predicted molar refractivity (Wildman–Crippen MR) is 81.3 cm³/mol. The van der Waals surface area contributed by atoms with Gasteiger partial charge in [0.1, 0.15) is 12.1 Å². The third kappa shape index (κ3) is 2.40. The van der Waals surface area contributed by atoms with Gasteiger partial charge in [-0.2, -0.15) is 0 Å². The third-order valence-electron chi connectivity index (χ3n) is 2.97. The Labute approximate surface area is 119 Å². The van der Waals surface area contributed by atoms with E-state index < -0.39 is 0 Å². The number of fused-ring (bicyclic) bond motifs is 1. The zero-order valence-electron chi connectivity index (χ0n) is 9.78. The molecule has 0 saturated heterocycles. The van der Waals surface area contributed by atoms with Gasteiger partial charge in [-0.3, -0.25) is 0 Å². The molecule has 1 aliphatic rings. The Bertz CT molecular complexity index is 571. The number of benzene rings is 1. The Balaban J connectivity index is 1.87. The molecule has 2 heterocycles. The van der Waals surface area contributed by atoms with E-state index >= 15 is 0 Å². The number of aryl methyl sites for hydroxylation is 1. The fourth-order valence-electron chi connectivity index (χ4n) is 2.09. The van der Waals surface area contributed by atoms with Crippen LogP contribution in [0.2, 0.25) is 0 Å². The lowest BCUT2D eigenvalue weighted by molar-refractivity contribution is 0.830. The third-order valence-corrected chi connectivity index (χ3v) is 3.76. The number of nitrogens with zero attached hydrogens (tertiary/aromatic N) is 2. The zero-order valence-corrected chi connectivity index (χ0v) is 11.9. The van der Waals surface area contributed by atoms with E-state index in [1.807, 2.05) is 0 Å². The second-order valence-corrected chi connectivity index (χ2v) is 5.41. The number of anilines is 3. The zero-order chi connectivity index (χ0) is 12.4. The molecule has 4 nitrogen and oxygen atoms in total. The Hall–Kier alpha value is -1.37. The highest BCUT2D eigenvalue weighted by atomic mass is 127. The van der Waals surface area contributed by atoms with Gasteiger partial charge in [0.2, 0.25) is 0 Å². The highest BCUT2D eigenvalue weighted by Gasteiger charge is 2.09. The lowest BCUT2D eigenvalue weighted by atomic mass is 10.0. The van der Waals surface area contributed by atoms with Gasteiger partial charge in [-0.05, 0) is 59.2 Å². The first kappa shape index (κ1) is 11.7. The summed E-state index contributed by atoms with van der Waals surface area (Å²) in [5.41, 5.74) is 3.70. The Kier molecular flexibility index (Phi) is 3.31. The van der Waals surface area contributed by atoms with Crippen molar-refractivity contribution in [2.45, 2.75) is 12.8 Å². The van der Waals surface area contributed by atoms with E-state index in [-0.39, 0.29) is 0 Å². The predicted octanol–water partition coefficient (Wildman–Crippen LogP) is 3.18. The van der Waals surface area contributed by atoms with Crippen molar-refractivity contribution in [3.8, 4) is 0 Å². The maximum absolute atomic E-state index is 4.24. The molecule has 1 aromatic carbocycles. The fraction of sp³-hybridized carbons (Fsp3) is 0.231. The molecule has 0 saturated carbocycles. The summed E-state index contributed by atoms with van der Waals surface area (Å²) in [5.74, 6) is 0.856. The van der Waals surface area contributed by atoms with Gasteiger partial charge in [-0.15, -0.1) is 0 Å². The minimum atomic E-state index is 0.856. The molecule has 18 heavy (non-hydrogen) atoms. The van der Waals surface area contributed by atoms with Crippen LogP contribution in [0.4, 0.5) is 17.2 Å². The molecule has 0 amide bonds. The highest BCUT2D eigenvalue weighted by molar-refractivity contribution is 14.1. The first-order valence-corrected chi connectivity index (χ1v) is 7.00. The SMILES string of the molecule is Ic1cncnc1Nc1ccc2c(c1)CCCN2. The molecule has 1 aromatic heterocycles. The average molecular weight is 352 g/mol. The van der Waals surface area contributed by atoms with Gasteiger partial charge in [-0.1, -0.05) is 0 Å². The number of hydrogen-bond acceptors (Lipinski definition) is 4. The van der Waals surface area contributed by atoms with Crippen LogP contribution in [0, 0.1) is 3.57 Å². The molecule has 92 valence electrons. The van der Waals surface area contributed by atoms with Crippen LogP contribution in [-0.2, 0) is 6.42 Å². The summed E-state index contributed by atoms with van der Waals surface area (Å²) < 4.78 is 1.02. The minimum Gasteiger partial charge on any atom is -0.385 e. The normalized spacial score (nSPS) is 13.6. The molecule has 5 heteroatoms. The maximum Gasteiger partial charge on any atom is 0.147 e. The van der Waals surface area contributed by atoms with Crippen molar-refractivity contribution in [2.75, 3.05) is 17.2 Å². The van der Waals surface area contributed by atoms with Crippen LogP contribution in [-0.4, -0.2) is 16.5 Å². The van der Waals surface area contributed by atoms with Gasteiger partial charge in [0, 0.05) is 24.1 Å². The van der Waals surface area contributed by atoms with E-state index in [1.54, 1.807) is 12.5 Å². The molecular formula is C13H13IN4. The van der Waals surface area contributed by atoms with E-state index in [0.29, 0.717) is 0 Å². The summed E-state index contributed by atoms with van der Waals surface area (Å²) in [7, 11) is 0. The molecule has 1 aliphatic heterocycles. The fourth-order valence-corrected chi connectivity index (χ4v) is 2.53. The average Bonchev–Trinajstić information content (AvgIpc) is 2.41. The van der Waals surface area contributed by atoms with Crippen LogP contribution in [0.25, 0.3) is 0 Å². The summed E-state index contributed by atoms with van der Waals surface area (Å²) in [6.07, 6.45) is 5.69. The van der Waals surface area contributed by atoms with Crippen molar-refractivity contribution in [1.82, 2.24) is 9.97 Å². The quantitative estimate of drug-likeness (QED) is 0.816. The van der Waals surface area contributed by atoms with Gasteiger partial charge in [0.05, 0.1) is 3.57 Å². The van der Waals surface area contributed by atoms with Crippen molar-refractivity contribution in [3.05, 3.63) is 39.9 Å². The summed E-state index contributed by atoms with van der Waals surface area (Å²) in [6.45, 7) is 1.07. The standard InChI is InChI=1S/C13H13IN4/c14-11-7-15-8-17-13(11)18-10-3-4-12-9(6-10)2-1-5-16-12/h3-4,6-8,16H,1-2,5H2,(H,15,17,18). The Morgan fingerprint density at radius 2 is 2.28 bits per heavy atom. The van der Waals surface area contributed by atoms with Gasteiger partial charge < -0.3 is 10.6 Å². The summed E-state index contributed by atoms with van der Waals surface area (Å²) in [4.78, 5) is 8.23. The second kappa shape index (κ2) is 5.09. The van der Waals surface area contributed by atoms with Crippen LogP contribution in [0.3, 0.4) is 0 Å². The van der Waals surface area contributed by atoms with E-state index in [2.05, 4.69) is 61.4 Å². The molecule has 0 radical (unpaired) electrons. The van der Waals surface area contributed by atoms with Crippen LogP contribution in [0.15, 0.2) is 30.7 Å². The molecular weight excluding hydrogens is 339 g/mol. The van der Waals surface area contributed by atoms with Gasteiger partial charge in [0.15, 0.2) is 0 Å². The molecule has 0 fully saturated rings. The number of halogens is 1. The van der Waals surface area contributed by atoms with Crippen molar-refractivity contribution >= 4 is 39.8 Å². The number of hydrogen-bond donors (Lipinski definition) is 2. The molecule has 0 aliphatic carbocycles. The van der Waals surface area contributed by atoms with Crippen molar-refractivity contribution in [3.63, 3.8) is 0 Å². The van der Waals surface area contributed by atoms with E-state index in [0.717, 1.165) is 28.0 Å². The molecule has 3 rings (SSSR count). The summed E-state index contributed by atoms with van der Waals surface area (Å²) in [6, 6.07) is 6.40. The Morgan fingerprint density at radius 1 is 1.33 bits per heavy atom. The first-order chi connectivity index (χ1) is 8.83. The van der Waals surface area contributed by atoms with E-state index in [4.69, 9.17) is 0 Å². The minimum absolute atomic E-state index is 0.856.